The highest BCUT2D eigenvalue weighted by molar-refractivity contribution is 6.34. The Balaban J connectivity index is 0.967. The van der Waals surface area contributed by atoms with Crippen LogP contribution in [0.2, 0.25) is 5.02 Å². The molecule has 0 bridgehead atoms. The lowest BCUT2D eigenvalue weighted by molar-refractivity contribution is -0.141. The van der Waals surface area contributed by atoms with Crippen LogP contribution >= 0.6 is 11.6 Å². The van der Waals surface area contributed by atoms with E-state index in [9.17, 15) is 41.4 Å². The summed E-state index contributed by atoms with van der Waals surface area (Å²) in [5.41, 5.74) is -1.72. The van der Waals surface area contributed by atoms with Crippen molar-refractivity contribution in [3.8, 4) is 11.3 Å². The zero-order valence-electron chi connectivity index (χ0n) is 25.1. The molecule has 4 amide bonds. The van der Waals surface area contributed by atoms with Crippen molar-refractivity contribution in [3.63, 3.8) is 0 Å². The summed E-state index contributed by atoms with van der Waals surface area (Å²) in [4.78, 5) is 44.2. The van der Waals surface area contributed by atoms with E-state index in [0.717, 1.165) is 17.0 Å². The predicted octanol–water partition coefficient (Wildman–Crippen LogP) is 2.49. The molecule has 2 saturated heterocycles. The molecular formula is C29H29ClF5N9O4. The first-order chi connectivity index (χ1) is 22.6. The fraction of sp³-hybridized carbons (Fsp3) is 0.483. The fourth-order valence-corrected chi connectivity index (χ4v) is 6.73. The molecule has 0 radical (unpaired) electrons. The van der Waals surface area contributed by atoms with Crippen LogP contribution in [-0.2, 0) is 13.2 Å². The van der Waals surface area contributed by atoms with Crippen LogP contribution in [0, 0.1) is 11.8 Å². The van der Waals surface area contributed by atoms with Gasteiger partial charge in [-0.05, 0) is 18.2 Å². The number of nitrogens with zero attached hydrogens (tertiary/aromatic N) is 5. The molecule has 1 aromatic carbocycles. The van der Waals surface area contributed by atoms with Gasteiger partial charge in [-0.3, -0.25) is 14.3 Å². The Morgan fingerprint density at radius 3 is 2.42 bits per heavy atom. The van der Waals surface area contributed by atoms with Crippen molar-refractivity contribution in [1.82, 2.24) is 40.2 Å². The van der Waals surface area contributed by atoms with Crippen molar-refractivity contribution in [2.24, 2.45) is 18.9 Å². The summed E-state index contributed by atoms with van der Waals surface area (Å²) in [5.74, 6) is -4.50. The van der Waals surface area contributed by atoms with E-state index in [-0.39, 0.29) is 57.7 Å². The second-order valence-electron chi connectivity index (χ2n) is 12.5. The van der Waals surface area contributed by atoms with Crippen LogP contribution in [0.1, 0.15) is 39.1 Å². The molecule has 256 valence electrons. The Kier molecular flexibility index (Phi) is 7.67. The number of halogens is 6. The molecule has 48 heavy (non-hydrogen) atoms. The molecule has 3 aromatic rings. The number of alkyl halides is 5. The number of benzene rings is 1. The minimum atomic E-state index is -4.95. The second-order valence-corrected chi connectivity index (χ2v) is 12.9. The highest BCUT2D eigenvalue weighted by atomic mass is 35.5. The third kappa shape index (κ3) is 5.85. The second kappa shape index (κ2) is 11.4. The number of hydrogen-bond acceptors (Lipinski definition) is 7. The summed E-state index contributed by atoms with van der Waals surface area (Å²) < 4.78 is 70.0. The topological polar surface area (TPSA) is 158 Å². The minimum Gasteiger partial charge on any atom is -0.390 e. The lowest BCUT2D eigenvalue weighted by Crippen LogP contribution is -2.49. The molecule has 6 atom stereocenters. The van der Waals surface area contributed by atoms with Crippen molar-refractivity contribution in [2.45, 2.75) is 42.7 Å². The quantitative estimate of drug-likeness (QED) is 0.238. The molecule has 4 fully saturated rings. The Morgan fingerprint density at radius 1 is 1.10 bits per heavy atom. The van der Waals surface area contributed by atoms with E-state index in [1.54, 1.807) is 4.90 Å². The number of piperidine rings is 1. The van der Waals surface area contributed by atoms with Gasteiger partial charge in [0.1, 0.15) is 6.04 Å². The summed E-state index contributed by atoms with van der Waals surface area (Å²) in [7, 11) is 1.30. The van der Waals surface area contributed by atoms with Gasteiger partial charge in [-0.15, -0.1) is 0 Å². The lowest BCUT2D eigenvalue weighted by Gasteiger charge is -2.24. The summed E-state index contributed by atoms with van der Waals surface area (Å²) in [5, 5.41) is 24.6. The van der Waals surface area contributed by atoms with Crippen molar-refractivity contribution in [2.75, 3.05) is 31.5 Å². The largest absolute Gasteiger partial charge is 0.435 e. The third-order valence-corrected chi connectivity index (χ3v) is 9.63. The highest BCUT2D eigenvalue weighted by Crippen LogP contribution is 2.53. The molecule has 0 spiro atoms. The SMILES string of the molecule is Cn1c(-c2cn([C@H]3CC3(F)F)nc2C(F)(F)F)cnc1C(=O)Nc1ccc(C(=O)NC2[C@H]3CN(C(=O)N[C@H]4CNCC4O)C[C@@H]23)c(Cl)c1. The number of nitrogens with one attached hydrogen (secondary N) is 4. The number of carbonyl (C=O) groups excluding carboxylic acids is 3. The van der Waals surface area contributed by atoms with Crippen molar-refractivity contribution in [3.05, 3.63) is 52.7 Å². The van der Waals surface area contributed by atoms with Crippen LogP contribution < -0.4 is 21.3 Å². The monoisotopic (exact) mass is 697 g/mol. The zero-order valence-corrected chi connectivity index (χ0v) is 25.8. The smallest absolute Gasteiger partial charge is 0.390 e. The molecule has 2 unspecified atom stereocenters. The molecule has 19 heteroatoms. The maximum absolute atomic E-state index is 13.7. The maximum Gasteiger partial charge on any atom is 0.435 e. The minimum absolute atomic E-state index is 0.0282. The van der Waals surface area contributed by atoms with Gasteiger partial charge in [0.2, 0.25) is 0 Å². The molecule has 2 aromatic heterocycles. The van der Waals surface area contributed by atoms with E-state index in [4.69, 9.17) is 11.6 Å². The van der Waals surface area contributed by atoms with E-state index >= 15 is 0 Å². The molecule has 2 aliphatic carbocycles. The first-order valence-electron chi connectivity index (χ1n) is 15.0. The van der Waals surface area contributed by atoms with E-state index < -0.39 is 53.7 Å². The van der Waals surface area contributed by atoms with Crippen LogP contribution in [0.4, 0.5) is 32.4 Å². The van der Waals surface area contributed by atoms with E-state index in [1.807, 2.05) is 0 Å². The number of amides is 4. The summed E-state index contributed by atoms with van der Waals surface area (Å²) in [6, 6.07) is 1.94. The molecule has 2 aliphatic heterocycles. The molecule has 13 nitrogen and oxygen atoms in total. The first-order valence-corrected chi connectivity index (χ1v) is 15.4. The molecular weight excluding hydrogens is 669 g/mol. The highest BCUT2D eigenvalue weighted by Gasteiger charge is 2.60. The third-order valence-electron chi connectivity index (χ3n) is 9.32. The van der Waals surface area contributed by atoms with Crippen LogP contribution in [0.3, 0.4) is 0 Å². The number of carbonyl (C=O) groups is 3. The van der Waals surface area contributed by atoms with Gasteiger partial charge in [-0.2, -0.15) is 18.3 Å². The average molecular weight is 698 g/mol. The number of β-amino-alcohol motifs (C(OH)–C–C–N with tert-alkyl or cyclic N) is 1. The summed E-state index contributed by atoms with van der Waals surface area (Å²) in [6.07, 6.45) is -4.32. The number of urea groups is 1. The number of aliphatic hydroxyl groups is 1. The number of rotatable bonds is 7. The van der Waals surface area contributed by atoms with Crippen LogP contribution in [0.5, 0.6) is 0 Å². The van der Waals surface area contributed by atoms with Gasteiger partial charge < -0.3 is 35.8 Å². The summed E-state index contributed by atoms with van der Waals surface area (Å²) in [6.45, 7) is 1.83. The van der Waals surface area contributed by atoms with Crippen LogP contribution in [0.15, 0.2) is 30.6 Å². The van der Waals surface area contributed by atoms with Gasteiger partial charge in [-0.1, -0.05) is 11.6 Å². The molecule has 4 heterocycles. The van der Waals surface area contributed by atoms with Crippen molar-refractivity contribution >= 4 is 35.1 Å². The van der Waals surface area contributed by atoms with Crippen LogP contribution in [0.25, 0.3) is 11.3 Å². The lowest BCUT2D eigenvalue weighted by atomic mass is 10.2. The standard InChI is InChI=1S/C29H29ClF5N9O4/c1-42-19(16-11-44(21-5-28(21,31)32)41-23(16)29(33,34)35)7-37-24(42)26(47)38-12-2-3-13(17(30)4-12)25(46)40-22-14-9-43(10-15(14)22)27(48)39-18-6-36-8-20(18)45/h2-4,7,11,14-15,18,20-22,36,45H,5-6,8-10H2,1H3,(H,38,47)(H,39,48)(H,40,46)/t14-,15+,18-,20?,21-,22?/m0/s1. The molecule has 5 N–H and O–H groups in total. The number of anilines is 1. The van der Waals surface area contributed by atoms with Gasteiger partial charge in [0.05, 0.1) is 40.2 Å². The fourth-order valence-electron chi connectivity index (χ4n) is 6.47. The van der Waals surface area contributed by atoms with Gasteiger partial charge in [0.25, 0.3) is 17.7 Å². The van der Waals surface area contributed by atoms with Crippen molar-refractivity contribution < 1.29 is 41.4 Å². The van der Waals surface area contributed by atoms with E-state index in [0.29, 0.717) is 30.9 Å². The van der Waals surface area contributed by atoms with Gasteiger partial charge in [0.15, 0.2) is 11.5 Å². The normalized spacial score (nSPS) is 27.0. The molecule has 2 saturated carbocycles. The Bertz CT molecular complexity index is 1800. The molecule has 4 aliphatic rings. The zero-order chi connectivity index (χ0) is 34.3. The van der Waals surface area contributed by atoms with Crippen LogP contribution in [-0.4, -0.2) is 97.5 Å². The Hall–Kier alpha value is -4.29. The molecule has 7 rings (SSSR count). The first kappa shape index (κ1) is 32.3. The number of likely N-dealkylation sites (tertiary alicyclic amines) is 1. The van der Waals surface area contributed by atoms with E-state index in [2.05, 4.69) is 31.3 Å². The average Bonchev–Trinajstić information content (AvgIpc) is 3.46. The predicted molar refractivity (Wildman–Crippen MR) is 158 cm³/mol. The van der Waals surface area contributed by atoms with Gasteiger partial charge in [0, 0.05) is 69.4 Å². The Morgan fingerprint density at radius 2 is 1.81 bits per heavy atom. The number of imidazole rings is 1. The Labute approximate surface area is 273 Å². The van der Waals surface area contributed by atoms with Gasteiger partial charge >= 0.3 is 12.2 Å². The number of aromatic nitrogens is 4. The van der Waals surface area contributed by atoms with E-state index in [1.165, 1.54) is 25.2 Å². The summed E-state index contributed by atoms with van der Waals surface area (Å²) >= 11 is 6.38. The van der Waals surface area contributed by atoms with Gasteiger partial charge in [-0.25, -0.2) is 18.6 Å². The maximum atomic E-state index is 13.7. The number of fused-ring (bicyclic) bond motifs is 1. The number of aliphatic hydroxyl groups excluding tert-OH is 1. The number of hydrogen-bond donors (Lipinski definition) is 5. The van der Waals surface area contributed by atoms with Crippen molar-refractivity contribution in [1.29, 1.82) is 0 Å².